The molecule has 0 aliphatic carbocycles. The van der Waals surface area contributed by atoms with Crippen LogP contribution in [-0.4, -0.2) is 47.5 Å². The average molecular weight is 493 g/mol. The summed E-state index contributed by atoms with van der Waals surface area (Å²) in [4.78, 5) is 11.9. The molecule has 2 atom stereocenters. The van der Waals surface area contributed by atoms with Crippen molar-refractivity contribution >= 4 is 27.6 Å². The summed E-state index contributed by atoms with van der Waals surface area (Å²) >= 11 is 0. The monoisotopic (exact) mass is 492 g/mol. The van der Waals surface area contributed by atoms with Gasteiger partial charge in [-0.1, -0.05) is 12.0 Å². The predicted octanol–water partition coefficient (Wildman–Crippen LogP) is 3.21. The molecule has 2 N–H and O–H groups in total. The lowest BCUT2D eigenvalue weighted by Crippen LogP contribution is -2.56. The number of alkyl halides is 1. The van der Waals surface area contributed by atoms with E-state index in [-0.39, 0.29) is 28.5 Å². The largest absolute Gasteiger partial charge is 0.460 e. The Hall–Kier alpha value is -3.39. The number of sulfone groups is 1. The molecular weight excluding hydrogens is 469 g/mol. The highest BCUT2D eigenvalue weighted by molar-refractivity contribution is 7.93. The maximum Gasteiger partial charge on any atom is 0.233 e. The smallest absolute Gasteiger partial charge is 0.233 e. The molecule has 0 unspecified atom stereocenters. The number of nitrogens with zero attached hydrogens (tertiary/aromatic N) is 3. The Labute approximate surface area is 195 Å². The number of hydrogen-bond donors (Lipinski definition) is 1. The molecule has 34 heavy (non-hydrogen) atoms. The van der Waals surface area contributed by atoms with Crippen LogP contribution in [0.1, 0.15) is 37.6 Å². The van der Waals surface area contributed by atoms with Crippen LogP contribution in [0.2, 0.25) is 0 Å². The number of rotatable bonds is 6. The van der Waals surface area contributed by atoms with Crippen molar-refractivity contribution in [3.8, 4) is 18.2 Å². The molecule has 180 valence electrons. The Morgan fingerprint density at radius 2 is 2.06 bits per heavy atom. The lowest BCUT2D eigenvalue weighted by atomic mass is 9.90. The summed E-state index contributed by atoms with van der Waals surface area (Å²) in [5.41, 5.74) is 3.39. The Kier molecular flexibility index (Phi) is 6.75. The zero-order valence-corrected chi connectivity index (χ0v) is 19.5. The maximum atomic E-state index is 14.8. The van der Waals surface area contributed by atoms with Gasteiger partial charge in [0.2, 0.25) is 5.88 Å². The van der Waals surface area contributed by atoms with Crippen molar-refractivity contribution in [3.05, 3.63) is 53.2 Å². The third-order valence-corrected chi connectivity index (χ3v) is 8.19. The van der Waals surface area contributed by atoms with E-state index in [0.717, 1.165) is 24.4 Å². The molecule has 0 amide bonds. The first-order chi connectivity index (χ1) is 15.8. The molecule has 11 heteroatoms. The molecule has 2 heterocycles. The van der Waals surface area contributed by atoms with E-state index >= 15 is 0 Å². The minimum atomic E-state index is -3.98. The fourth-order valence-corrected chi connectivity index (χ4v) is 4.91. The molecule has 3 rings (SSSR count). The van der Waals surface area contributed by atoms with Crippen molar-refractivity contribution in [2.24, 2.45) is 10.7 Å². The summed E-state index contributed by atoms with van der Waals surface area (Å²) in [6.45, 7) is 3.00. The van der Waals surface area contributed by atoms with Gasteiger partial charge in [-0.2, -0.15) is 0 Å². The highest BCUT2D eigenvalue weighted by Gasteiger charge is 2.51. The molecule has 0 saturated heterocycles. The van der Waals surface area contributed by atoms with Gasteiger partial charge in [-0.15, -0.1) is 6.42 Å². The lowest BCUT2D eigenvalue weighted by Gasteiger charge is -2.38. The van der Waals surface area contributed by atoms with E-state index in [1.807, 2.05) is 0 Å². The quantitative estimate of drug-likeness (QED) is 0.621. The molecule has 0 radical (unpaired) electrons. The first kappa shape index (κ1) is 25.2. The van der Waals surface area contributed by atoms with E-state index in [9.17, 15) is 21.6 Å². The fourth-order valence-electron chi connectivity index (χ4n) is 3.26. The first-order valence-electron chi connectivity index (χ1n) is 10.1. The Morgan fingerprint density at radius 3 is 2.62 bits per heavy atom. The van der Waals surface area contributed by atoms with Crippen LogP contribution in [-0.2, 0) is 15.4 Å². The molecule has 0 bridgehead atoms. The van der Waals surface area contributed by atoms with E-state index in [4.69, 9.17) is 16.9 Å². The number of hydrogen-bond acceptors (Lipinski definition) is 7. The van der Waals surface area contributed by atoms with Gasteiger partial charge in [0.15, 0.2) is 21.8 Å². The Morgan fingerprint density at radius 1 is 1.35 bits per heavy atom. The molecule has 1 aliphatic heterocycles. The number of benzene rings is 1. The zero-order valence-electron chi connectivity index (χ0n) is 18.7. The number of halogens is 3. The summed E-state index contributed by atoms with van der Waals surface area (Å²) in [6.07, 6.45) is 8.02. The van der Waals surface area contributed by atoms with Gasteiger partial charge in [-0.05, 0) is 44.5 Å². The maximum absolute atomic E-state index is 14.8. The first-order valence-corrected chi connectivity index (χ1v) is 11.8. The van der Waals surface area contributed by atoms with Crippen LogP contribution in [0.15, 0.2) is 35.6 Å². The molecule has 1 aromatic carbocycles. The van der Waals surface area contributed by atoms with Crippen LogP contribution >= 0.6 is 0 Å². The van der Waals surface area contributed by atoms with E-state index < -0.39 is 50.3 Å². The second-order valence-corrected chi connectivity index (χ2v) is 10.9. The average Bonchev–Trinajstić information content (AvgIpc) is 2.79. The van der Waals surface area contributed by atoms with E-state index in [1.165, 1.54) is 26.1 Å². The molecule has 1 aliphatic rings. The third kappa shape index (κ3) is 4.63. The molecular formula is C23H23F3N4O3S. The van der Waals surface area contributed by atoms with Gasteiger partial charge in [0.1, 0.15) is 34.3 Å². The molecule has 2 aromatic rings. The highest BCUT2D eigenvalue weighted by atomic mass is 32.2. The van der Waals surface area contributed by atoms with Crippen molar-refractivity contribution in [1.29, 1.82) is 0 Å². The van der Waals surface area contributed by atoms with Crippen LogP contribution in [0.5, 0.6) is 5.88 Å². The normalized spacial score (nSPS) is 22.4. The fraction of sp³-hybridized carbons (Fsp3) is 0.348. The Bertz CT molecular complexity index is 1300. The van der Waals surface area contributed by atoms with Crippen LogP contribution in [0.4, 0.5) is 13.2 Å². The van der Waals surface area contributed by atoms with Gasteiger partial charge < -0.3 is 10.5 Å². The SMILES string of the molecule is C#C[C@H](C)Oc1cnc(/C(F)=C/c2ccc(F)c([C@]3(CF)CS(=O)(=O)C(C)(C)C(N)=N3)c2)cn1. The molecule has 0 saturated carbocycles. The lowest BCUT2D eigenvalue weighted by molar-refractivity contribution is 0.266. The number of ether oxygens (including phenoxy) is 1. The van der Waals surface area contributed by atoms with Gasteiger partial charge in [-0.25, -0.2) is 31.6 Å². The molecule has 0 spiro atoms. The second-order valence-electron chi connectivity index (χ2n) is 8.33. The summed E-state index contributed by atoms with van der Waals surface area (Å²) in [7, 11) is -3.98. The van der Waals surface area contributed by atoms with E-state index in [0.29, 0.717) is 0 Å². The van der Waals surface area contributed by atoms with E-state index in [2.05, 4.69) is 20.9 Å². The molecule has 7 nitrogen and oxygen atoms in total. The zero-order chi connectivity index (χ0) is 25.3. The minimum absolute atomic E-state index is 0.104. The standard InChI is InChI=1S/C23H23F3N4O3S/c1-5-14(2)33-20-11-28-19(10-29-20)18(26)9-15-6-7-17(25)16(8-15)23(12-24)13-34(31,32)22(3,4)21(27)30-23/h1,6-11,14H,12-13H2,2-4H3,(H2,27,30)/b18-9-/t14-,23-/m0/s1. The predicted molar refractivity (Wildman–Crippen MR) is 123 cm³/mol. The van der Waals surface area contributed by atoms with Crippen molar-refractivity contribution in [1.82, 2.24) is 9.97 Å². The van der Waals surface area contributed by atoms with Crippen LogP contribution in [0.3, 0.4) is 0 Å². The van der Waals surface area contributed by atoms with Crippen molar-refractivity contribution in [2.75, 3.05) is 12.4 Å². The highest BCUT2D eigenvalue weighted by Crippen LogP contribution is 2.39. The summed E-state index contributed by atoms with van der Waals surface area (Å²) in [6, 6.07) is 3.37. The number of nitrogens with two attached hydrogens (primary N) is 1. The summed E-state index contributed by atoms with van der Waals surface area (Å²) < 4.78 is 73.1. The Balaban J connectivity index is 2.00. The van der Waals surface area contributed by atoms with Gasteiger partial charge in [-0.3, -0.25) is 4.99 Å². The third-order valence-electron chi connectivity index (χ3n) is 5.57. The van der Waals surface area contributed by atoms with Crippen molar-refractivity contribution in [3.63, 3.8) is 0 Å². The minimum Gasteiger partial charge on any atom is -0.460 e. The van der Waals surface area contributed by atoms with Gasteiger partial charge >= 0.3 is 0 Å². The van der Waals surface area contributed by atoms with Crippen LogP contribution in [0, 0.1) is 18.2 Å². The summed E-state index contributed by atoms with van der Waals surface area (Å²) in [5, 5.41) is 0. The topological polar surface area (TPSA) is 108 Å². The van der Waals surface area contributed by atoms with Gasteiger partial charge in [0, 0.05) is 5.56 Å². The van der Waals surface area contributed by atoms with Crippen LogP contribution in [0.25, 0.3) is 11.9 Å². The van der Waals surface area contributed by atoms with Crippen molar-refractivity contribution in [2.45, 2.75) is 37.2 Å². The number of aromatic nitrogens is 2. The number of aliphatic imine (C=N–C) groups is 1. The van der Waals surface area contributed by atoms with Gasteiger partial charge in [0.05, 0.1) is 18.1 Å². The second kappa shape index (κ2) is 9.10. The number of terminal acetylenes is 1. The van der Waals surface area contributed by atoms with Gasteiger partial charge in [0.25, 0.3) is 0 Å². The summed E-state index contributed by atoms with van der Waals surface area (Å²) in [5.74, 6) is -0.389. The van der Waals surface area contributed by atoms with Crippen molar-refractivity contribution < 1.29 is 26.3 Å². The number of amidine groups is 1. The van der Waals surface area contributed by atoms with E-state index in [1.54, 1.807) is 6.92 Å². The van der Waals surface area contributed by atoms with Crippen LogP contribution < -0.4 is 10.5 Å². The molecule has 1 aromatic heterocycles. The molecule has 0 fully saturated rings.